The van der Waals surface area contributed by atoms with E-state index >= 15 is 0 Å². The maximum Gasteiger partial charge on any atom is 0.387 e. The number of Topliss-reactive ketones (excluding diaryl/α,β-unsaturated/α-hetero) is 1. The number of hydrogen-bond acceptors (Lipinski definition) is 6. The van der Waals surface area contributed by atoms with Crippen LogP contribution in [0.2, 0.25) is 0 Å². The third-order valence-corrected chi connectivity index (χ3v) is 4.84. The summed E-state index contributed by atoms with van der Waals surface area (Å²) in [5.74, 6) is -2.70. The van der Waals surface area contributed by atoms with Crippen LogP contribution in [0.3, 0.4) is 0 Å². The summed E-state index contributed by atoms with van der Waals surface area (Å²) in [7, 11) is 0. The fourth-order valence-corrected chi connectivity index (χ4v) is 3.17. The number of ether oxygens (including phenoxy) is 2. The van der Waals surface area contributed by atoms with Crippen molar-refractivity contribution in [3.05, 3.63) is 95.6 Å². The van der Waals surface area contributed by atoms with Crippen LogP contribution in [-0.2, 0) is 14.3 Å². The van der Waals surface area contributed by atoms with Gasteiger partial charge in [-0.25, -0.2) is 0 Å². The van der Waals surface area contributed by atoms with E-state index in [0.717, 1.165) is 6.07 Å². The van der Waals surface area contributed by atoms with Crippen LogP contribution < -0.4 is 15.4 Å². The van der Waals surface area contributed by atoms with Crippen molar-refractivity contribution in [3.63, 3.8) is 0 Å². The number of amides is 2. The van der Waals surface area contributed by atoms with Gasteiger partial charge in [-0.05, 0) is 37.3 Å². The second-order valence-electron chi connectivity index (χ2n) is 7.50. The molecule has 1 atom stereocenters. The molecule has 0 saturated heterocycles. The minimum atomic E-state index is -3.05. The van der Waals surface area contributed by atoms with Crippen LogP contribution in [0.4, 0.5) is 14.5 Å². The summed E-state index contributed by atoms with van der Waals surface area (Å²) >= 11 is 0. The molecule has 0 saturated carbocycles. The van der Waals surface area contributed by atoms with E-state index in [2.05, 4.69) is 15.4 Å². The zero-order chi connectivity index (χ0) is 26.1. The summed E-state index contributed by atoms with van der Waals surface area (Å²) in [5.41, 5.74) is 1.11. The second kappa shape index (κ2) is 12.2. The first-order chi connectivity index (χ1) is 17.2. The normalized spacial score (nSPS) is 11.3. The molecule has 0 bridgehead atoms. The highest BCUT2D eigenvalue weighted by Gasteiger charge is 2.25. The van der Waals surface area contributed by atoms with Crippen molar-refractivity contribution >= 4 is 29.3 Å². The number of halogens is 2. The number of hydrogen-bond donors (Lipinski definition) is 2. The molecule has 2 N–H and O–H groups in total. The molecule has 3 rings (SSSR count). The van der Waals surface area contributed by atoms with Gasteiger partial charge in [0, 0.05) is 22.4 Å². The van der Waals surface area contributed by atoms with Gasteiger partial charge in [0.2, 0.25) is 6.10 Å². The zero-order valence-electron chi connectivity index (χ0n) is 19.1. The van der Waals surface area contributed by atoms with Crippen LogP contribution in [-0.4, -0.2) is 36.7 Å². The summed E-state index contributed by atoms with van der Waals surface area (Å²) in [6.45, 7) is -2.24. The Hall–Kier alpha value is -4.60. The van der Waals surface area contributed by atoms with Crippen LogP contribution in [0.25, 0.3) is 0 Å². The number of benzene rings is 3. The molecule has 0 heterocycles. The number of esters is 1. The maximum absolute atomic E-state index is 13.0. The highest BCUT2D eigenvalue weighted by Crippen LogP contribution is 2.21. The number of alkyl halides is 2. The molecule has 1 unspecified atom stereocenters. The van der Waals surface area contributed by atoms with Gasteiger partial charge < -0.3 is 20.1 Å². The monoisotopic (exact) mass is 496 g/mol. The Labute approximate surface area is 205 Å². The number of ketones is 1. The molecule has 0 fully saturated rings. The summed E-state index contributed by atoms with van der Waals surface area (Å²) in [4.78, 5) is 49.4. The molecule has 3 aromatic rings. The Morgan fingerprint density at radius 1 is 0.861 bits per heavy atom. The quantitative estimate of drug-likeness (QED) is 0.322. The molecule has 2 amide bonds. The van der Waals surface area contributed by atoms with Crippen LogP contribution in [0.5, 0.6) is 5.75 Å². The smallest absolute Gasteiger partial charge is 0.387 e. The lowest BCUT2D eigenvalue weighted by Crippen LogP contribution is -2.33. The van der Waals surface area contributed by atoms with Crippen LogP contribution in [0.15, 0.2) is 78.9 Å². The van der Waals surface area contributed by atoms with E-state index in [0.29, 0.717) is 16.8 Å². The second-order valence-corrected chi connectivity index (χ2v) is 7.50. The number of carbonyl (C=O) groups is 4. The maximum atomic E-state index is 13.0. The summed E-state index contributed by atoms with van der Waals surface area (Å²) in [6.07, 6.45) is -1.35. The Morgan fingerprint density at radius 2 is 1.56 bits per heavy atom. The van der Waals surface area contributed by atoms with Crippen LogP contribution >= 0.6 is 0 Å². The molecule has 0 aliphatic rings. The van der Waals surface area contributed by atoms with E-state index in [9.17, 15) is 28.0 Å². The molecule has 0 aliphatic heterocycles. The van der Waals surface area contributed by atoms with E-state index in [1.165, 1.54) is 31.2 Å². The highest BCUT2D eigenvalue weighted by atomic mass is 19.3. The Bertz CT molecular complexity index is 1250. The third-order valence-electron chi connectivity index (χ3n) is 4.84. The van der Waals surface area contributed by atoms with E-state index in [1.54, 1.807) is 48.5 Å². The fraction of sp³-hybridized carbons (Fsp3) is 0.154. The molecule has 0 aliphatic carbocycles. The molecule has 3 aromatic carbocycles. The molecule has 10 heteroatoms. The minimum absolute atomic E-state index is 0.0105. The lowest BCUT2D eigenvalue weighted by atomic mass is 10.1. The van der Waals surface area contributed by atoms with Crippen molar-refractivity contribution in [2.75, 3.05) is 11.9 Å². The van der Waals surface area contributed by atoms with Crippen LogP contribution in [0.1, 0.15) is 39.3 Å². The molecular formula is C26H22F2N2O6. The van der Waals surface area contributed by atoms with Crippen molar-refractivity contribution in [2.45, 2.75) is 19.6 Å². The summed E-state index contributed by atoms with van der Waals surface area (Å²) in [5, 5.41) is 4.94. The first-order valence-corrected chi connectivity index (χ1v) is 10.7. The highest BCUT2D eigenvalue weighted by molar-refractivity contribution is 5.99. The third kappa shape index (κ3) is 7.45. The molecule has 36 heavy (non-hydrogen) atoms. The van der Waals surface area contributed by atoms with Gasteiger partial charge in [-0.3, -0.25) is 19.2 Å². The number of anilines is 1. The van der Waals surface area contributed by atoms with E-state index < -0.39 is 37.0 Å². The number of nitrogens with one attached hydrogen (secondary N) is 2. The summed E-state index contributed by atoms with van der Waals surface area (Å²) < 4.78 is 34.4. The van der Waals surface area contributed by atoms with Crippen molar-refractivity contribution in [1.82, 2.24) is 5.32 Å². The predicted octanol–water partition coefficient (Wildman–Crippen LogP) is 4.14. The molecule has 0 spiro atoms. The van der Waals surface area contributed by atoms with E-state index in [4.69, 9.17) is 4.74 Å². The fourth-order valence-electron chi connectivity index (χ4n) is 3.17. The van der Waals surface area contributed by atoms with Gasteiger partial charge in [0.25, 0.3) is 11.8 Å². The Balaban J connectivity index is 1.67. The minimum Gasteiger partial charge on any atom is -0.446 e. The van der Waals surface area contributed by atoms with Gasteiger partial charge in [-0.15, -0.1) is 0 Å². The number of rotatable bonds is 10. The van der Waals surface area contributed by atoms with Crippen LogP contribution in [0, 0.1) is 0 Å². The standard InChI is InChI=1S/C26H22F2N2O6/c1-16(31)18-9-5-11-20(13-18)30-25(34)23(17-7-3-2-4-8-17)36-22(32)15-29-24(33)19-10-6-12-21(14-19)35-26(27)28/h2-14,23,26H,15H2,1H3,(H,29,33)(H,30,34). The molecule has 0 aromatic heterocycles. The van der Waals surface area contributed by atoms with Gasteiger partial charge >= 0.3 is 12.6 Å². The zero-order valence-corrected chi connectivity index (χ0v) is 19.1. The molecule has 8 nitrogen and oxygen atoms in total. The van der Waals surface area contributed by atoms with Crippen molar-refractivity contribution < 1.29 is 37.4 Å². The molecular weight excluding hydrogens is 474 g/mol. The van der Waals surface area contributed by atoms with Gasteiger partial charge in [0.15, 0.2) is 5.78 Å². The molecule has 0 radical (unpaired) electrons. The first kappa shape index (κ1) is 26.0. The summed E-state index contributed by atoms with van der Waals surface area (Å²) in [6, 6.07) is 19.6. The lowest BCUT2D eigenvalue weighted by molar-refractivity contribution is -0.153. The molecule has 186 valence electrons. The van der Waals surface area contributed by atoms with Gasteiger partial charge in [0.05, 0.1) is 0 Å². The average molecular weight is 496 g/mol. The van der Waals surface area contributed by atoms with E-state index in [1.807, 2.05) is 0 Å². The van der Waals surface area contributed by atoms with Gasteiger partial charge in [-0.1, -0.05) is 48.5 Å². The Kier molecular flexibility index (Phi) is 8.82. The van der Waals surface area contributed by atoms with Gasteiger partial charge in [-0.2, -0.15) is 8.78 Å². The van der Waals surface area contributed by atoms with Gasteiger partial charge in [0.1, 0.15) is 12.3 Å². The largest absolute Gasteiger partial charge is 0.446 e. The average Bonchev–Trinajstić information content (AvgIpc) is 2.86. The first-order valence-electron chi connectivity index (χ1n) is 10.7. The topological polar surface area (TPSA) is 111 Å². The SMILES string of the molecule is CC(=O)c1cccc(NC(=O)C(OC(=O)CNC(=O)c2cccc(OC(F)F)c2)c2ccccc2)c1. The Morgan fingerprint density at radius 3 is 2.25 bits per heavy atom. The number of carbonyl (C=O) groups excluding carboxylic acids is 4. The van der Waals surface area contributed by atoms with Crippen molar-refractivity contribution in [3.8, 4) is 5.75 Å². The predicted molar refractivity (Wildman–Crippen MR) is 126 cm³/mol. The van der Waals surface area contributed by atoms with E-state index in [-0.39, 0.29) is 17.1 Å². The lowest BCUT2D eigenvalue weighted by Gasteiger charge is -2.18. The van der Waals surface area contributed by atoms with Crippen molar-refractivity contribution in [1.29, 1.82) is 0 Å². The van der Waals surface area contributed by atoms with Crippen molar-refractivity contribution in [2.24, 2.45) is 0 Å².